The molecule has 1 heterocycles. The molecule has 0 atom stereocenters. The SMILES string of the molecule is O=C(CSc1ccc2ccccc2c1)NCc1cccc(NC(=O)N2CCCC2)c1. The van der Waals surface area contributed by atoms with Gasteiger partial charge >= 0.3 is 6.03 Å². The first-order valence-corrected chi connectivity index (χ1v) is 11.2. The van der Waals surface area contributed by atoms with Crippen LogP contribution in [0.15, 0.2) is 71.6 Å². The van der Waals surface area contributed by atoms with Crippen LogP contribution in [0, 0.1) is 0 Å². The lowest BCUT2D eigenvalue weighted by Gasteiger charge is -2.16. The van der Waals surface area contributed by atoms with Crippen LogP contribution in [0.25, 0.3) is 10.8 Å². The minimum Gasteiger partial charge on any atom is -0.351 e. The number of benzene rings is 3. The third-order valence-electron chi connectivity index (χ3n) is 5.15. The van der Waals surface area contributed by atoms with Crippen molar-refractivity contribution in [2.45, 2.75) is 24.3 Å². The van der Waals surface area contributed by atoms with Crippen molar-refractivity contribution in [1.82, 2.24) is 10.2 Å². The van der Waals surface area contributed by atoms with Crippen LogP contribution in [0.1, 0.15) is 18.4 Å². The molecule has 0 bridgehead atoms. The van der Waals surface area contributed by atoms with Crippen LogP contribution in [-0.4, -0.2) is 35.7 Å². The van der Waals surface area contributed by atoms with Crippen molar-refractivity contribution in [3.8, 4) is 0 Å². The molecule has 0 spiro atoms. The third-order valence-corrected chi connectivity index (χ3v) is 6.15. The Morgan fingerprint density at radius 3 is 2.53 bits per heavy atom. The van der Waals surface area contributed by atoms with E-state index < -0.39 is 0 Å². The fourth-order valence-electron chi connectivity index (χ4n) is 3.54. The Kier molecular flexibility index (Phi) is 6.54. The zero-order chi connectivity index (χ0) is 20.8. The Morgan fingerprint density at radius 2 is 1.70 bits per heavy atom. The summed E-state index contributed by atoms with van der Waals surface area (Å²) >= 11 is 1.53. The molecule has 1 aliphatic heterocycles. The number of nitrogens with zero attached hydrogens (tertiary/aromatic N) is 1. The minimum atomic E-state index is -0.0551. The second kappa shape index (κ2) is 9.67. The highest BCUT2D eigenvalue weighted by Crippen LogP contribution is 2.23. The van der Waals surface area contributed by atoms with Gasteiger partial charge < -0.3 is 15.5 Å². The first kappa shape index (κ1) is 20.3. The van der Waals surface area contributed by atoms with Crippen LogP contribution < -0.4 is 10.6 Å². The van der Waals surface area contributed by atoms with Crippen molar-refractivity contribution in [1.29, 1.82) is 0 Å². The van der Waals surface area contributed by atoms with Crippen molar-refractivity contribution in [3.05, 3.63) is 72.3 Å². The second-order valence-corrected chi connectivity index (χ2v) is 8.45. The molecule has 3 amide bonds. The molecular formula is C24H25N3O2S. The zero-order valence-electron chi connectivity index (χ0n) is 16.8. The summed E-state index contributed by atoms with van der Waals surface area (Å²) in [5.74, 6) is 0.351. The fraction of sp³-hybridized carbons (Fsp3) is 0.250. The smallest absolute Gasteiger partial charge is 0.321 e. The van der Waals surface area contributed by atoms with Gasteiger partial charge in [0.1, 0.15) is 0 Å². The minimum absolute atomic E-state index is 0.0142. The van der Waals surface area contributed by atoms with Crippen LogP contribution in [0.5, 0.6) is 0 Å². The molecule has 0 saturated carbocycles. The van der Waals surface area contributed by atoms with Gasteiger partial charge in [0.25, 0.3) is 0 Å². The van der Waals surface area contributed by atoms with E-state index in [1.54, 1.807) is 0 Å². The van der Waals surface area contributed by atoms with Crippen molar-refractivity contribution in [2.24, 2.45) is 0 Å². The van der Waals surface area contributed by atoms with Gasteiger partial charge in [-0.25, -0.2) is 4.79 Å². The van der Waals surface area contributed by atoms with E-state index in [1.165, 1.54) is 22.5 Å². The number of carbonyl (C=O) groups excluding carboxylic acids is 2. The Labute approximate surface area is 180 Å². The van der Waals surface area contributed by atoms with Crippen LogP contribution in [0.3, 0.4) is 0 Å². The number of thioether (sulfide) groups is 1. The number of rotatable bonds is 6. The quantitative estimate of drug-likeness (QED) is 0.560. The maximum Gasteiger partial charge on any atom is 0.321 e. The second-order valence-electron chi connectivity index (χ2n) is 7.40. The first-order chi connectivity index (χ1) is 14.7. The summed E-state index contributed by atoms with van der Waals surface area (Å²) < 4.78 is 0. The lowest BCUT2D eigenvalue weighted by Crippen LogP contribution is -2.32. The number of anilines is 1. The highest BCUT2D eigenvalue weighted by Gasteiger charge is 2.17. The van der Waals surface area contributed by atoms with E-state index in [1.807, 2.05) is 47.4 Å². The van der Waals surface area contributed by atoms with E-state index in [2.05, 4.69) is 34.9 Å². The van der Waals surface area contributed by atoms with Crippen molar-refractivity contribution in [3.63, 3.8) is 0 Å². The molecule has 2 N–H and O–H groups in total. The lowest BCUT2D eigenvalue weighted by atomic mass is 10.1. The van der Waals surface area contributed by atoms with Gasteiger partial charge in [-0.3, -0.25) is 4.79 Å². The molecule has 0 unspecified atom stereocenters. The molecule has 0 radical (unpaired) electrons. The predicted octanol–water partition coefficient (Wildman–Crippen LogP) is 4.88. The molecule has 0 aromatic heterocycles. The van der Waals surface area contributed by atoms with Crippen molar-refractivity contribution < 1.29 is 9.59 Å². The highest BCUT2D eigenvalue weighted by atomic mass is 32.2. The van der Waals surface area contributed by atoms with Crippen molar-refractivity contribution in [2.75, 3.05) is 24.2 Å². The summed E-state index contributed by atoms with van der Waals surface area (Å²) in [5.41, 5.74) is 1.71. The average molecular weight is 420 g/mol. The summed E-state index contributed by atoms with van der Waals surface area (Å²) in [6.45, 7) is 2.07. The molecule has 6 heteroatoms. The summed E-state index contributed by atoms with van der Waals surface area (Å²) in [7, 11) is 0. The number of fused-ring (bicyclic) bond motifs is 1. The molecule has 0 aliphatic carbocycles. The molecular weight excluding hydrogens is 394 g/mol. The first-order valence-electron chi connectivity index (χ1n) is 10.2. The Balaban J connectivity index is 1.26. The van der Waals surface area contributed by atoms with Gasteiger partial charge in [-0.2, -0.15) is 0 Å². The van der Waals surface area contributed by atoms with E-state index in [-0.39, 0.29) is 11.9 Å². The molecule has 154 valence electrons. The van der Waals surface area contributed by atoms with E-state index in [9.17, 15) is 9.59 Å². The Bertz CT molecular complexity index is 1050. The van der Waals surface area contributed by atoms with Gasteiger partial charge in [-0.1, -0.05) is 42.5 Å². The Morgan fingerprint density at radius 1 is 0.900 bits per heavy atom. The number of hydrogen-bond acceptors (Lipinski definition) is 3. The van der Waals surface area contributed by atoms with E-state index in [4.69, 9.17) is 0 Å². The van der Waals surface area contributed by atoms with Crippen LogP contribution in [0.4, 0.5) is 10.5 Å². The molecule has 5 nitrogen and oxygen atoms in total. The van der Waals surface area contributed by atoms with Crippen molar-refractivity contribution >= 4 is 40.2 Å². The van der Waals surface area contributed by atoms with Gasteiger partial charge in [0.05, 0.1) is 5.75 Å². The summed E-state index contributed by atoms with van der Waals surface area (Å²) in [6, 6.07) is 22.0. The van der Waals surface area contributed by atoms with Crippen LogP contribution in [-0.2, 0) is 11.3 Å². The topological polar surface area (TPSA) is 61.4 Å². The Hall–Kier alpha value is -2.99. The number of nitrogens with one attached hydrogen (secondary N) is 2. The van der Waals surface area contributed by atoms with Gasteiger partial charge in [0.15, 0.2) is 0 Å². The maximum atomic E-state index is 12.3. The largest absolute Gasteiger partial charge is 0.351 e. The normalized spacial score (nSPS) is 13.4. The molecule has 30 heavy (non-hydrogen) atoms. The van der Waals surface area contributed by atoms with Crippen LogP contribution in [0.2, 0.25) is 0 Å². The molecule has 3 aromatic rings. The number of urea groups is 1. The lowest BCUT2D eigenvalue weighted by molar-refractivity contribution is -0.118. The van der Waals surface area contributed by atoms with Gasteiger partial charge in [0, 0.05) is 30.2 Å². The molecule has 1 saturated heterocycles. The van der Waals surface area contributed by atoms with Gasteiger partial charge in [-0.15, -0.1) is 11.8 Å². The van der Waals surface area contributed by atoms with E-state index in [0.29, 0.717) is 12.3 Å². The summed E-state index contributed by atoms with van der Waals surface area (Å²) in [5, 5.41) is 8.28. The fourth-order valence-corrected chi connectivity index (χ4v) is 4.31. The van der Waals surface area contributed by atoms with Gasteiger partial charge in [-0.05, 0) is 53.4 Å². The molecule has 3 aromatic carbocycles. The third kappa shape index (κ3) is 5.33. The zero-order valence-corrected chi connectivity index (χ0v) is 17.6. The standard InChI is InChI=1S/C24H25N3O2S/c28-23(17-30-22-11-10-19-7-1-2-8-20(19)15-22)25-16-18-6-5-9-21(14-18)26-24(29)27-12-3-4-13-27/h1-2,5-11,14-15H,3-4,12-13,16-17H2,(H,25,28)(H,26,29). The maximum absolute atomic E-state index is 12.3. The van der Waals surface area contributed by atoms with Gasteiger partial charge in [0.2, 0.25) is 5.91 Å². The van der Waals surface area contributed by atoms with E-state index in [0.717, 1.165) is 42.1 Å². The highest BCUT2D eigenvalue weighted by molar-refractivity contribution is 8.00. The predicted molar refractivity (Wildman–Crippen MR) is 123 cm³/mol. The number of amides is 3. The number of likely N-dealkylation sites (tertiary alicyclic amines) is 1. The number of carbonyl (C=O) groups is 2. The monoisotopic (exact) mass is 419 g/mol. The van der Waals surface area contributed by atoms with E-state index >= 15 is 0 Å². The number of hydrogen-bond donors (Lipinski definition) is 2. The summed E-state index contributed by atoms with van der Waals surface area (Å²) in [4.78, 5) is 27.4. The average Bonchev–Trinajstić information content (AvgIpc) is 3.32. The summed E-state index contributed by atoms with van der Waals surface area (Å²) in [6.07, 6.45) is 2.13. The molecule has 1 fully saturated rings. The molecule has 4 rings (SSSR count). The van der Waals surface area contributed by atoms with Crippen LogP contribution >= 0.6 is 11.8 Å². The molecule has 1 aliphatic rings.